The van der Waals surface area contributed by atoms with Gasteiger partial charge >= 0.3 is 5.97 Å². The number of esters is 1. The standard InChI is InChI=1S/C16H22ClNO3/c1-12-9-14(17)4-3-13(12)11-18-16(10-15(19)20-2)5-7-21-8-6-16/h3-4,9,18H,5-8,10-11H2,1-2H3. The summed E-state index contributed by atoms with van der Waals surface area (Å²) in [6, 6.07) is 5.87. The van der Waals surface area contributed by atoms with Crippen LogP contribution in [0.4, 0.5) is 0 Å². The molecule has 0 bridgehead atoms. The Hall–Kier alpha value is -1.10. The molecule has 1 aliphatic rings. The minimum atomic E-state index is -0.239. The second-order valence-electron chi connectivity index (χ2n) is 5.57. The Balaban J connectivity index is 2.06. The molecule has 1 N–H and O–H groups in total. The molecule has 1 saturated heterocycles. The predicted molar refractivity (Wildman–Crippen MR) is 82.4 cm³/mol. The molecule has 0 aliphatic carbocycles. The average Bonchev–Trinajstić information content (AvgIpc) is 2.47. The molecule has 0 atom stereocenters. The lowest BCUT2D eigenvalue weighted by atomic mass is 9.86. The summed E-state index contributed by atoms with van der Waals surface area (Å²) in [5, 5.41) is 4.30. The Morgan fingerprint density at radius 2 is 2.14 bits per heavy atom. The molecule has 1 aliphatic heterocycles. The van der Waals surface area contributed by atoms with Crippen LogP contribution in [0.25, 0.3) is 0 Å². The summed E-state index contributed by atoms with van der Waals surface area (Å²) in [6.45, 7) is 4.09. The Kier molecular flexibility index (Phi) is 5.62. The van der Waals surface area contributed by atoms with E-state index in [0.29, 0.717) is 26.2 Å². The fourth-order valence-corrected chi connectivity index (χ4v) is 2.89. The lowest BCUT2D eigenvalue weighted by Gasteiger charge is -2.37. The monoisotopic (exact) mass is 311 g/mol. The molecule has 0 amide bonds. The van der Waals surface area contributed by atoms with Crippen LogP contribution in [0.5, 0.6) is 0 Å². The van der Waals surface area contributed by atoms with E-state index in [0.717, 1.165) is 23.4 Å². The van der Waals surface area contributed by atoms with Gasteiger partial charge in [0.1, 0.15) is 0 Å². The first-order valence-electron chi connectivity index (χ1n) is 7.19. The molecule has 0 radical (unpaired) electrons. The maximum atomic E-state index is 11.7. The highest BCUT2D eigenvalue weighted by Gasteiger charge is 2.34. The summed E-state index contributed by atoms with van der Waals surface area (Å²) in [5.74, 6) is -0.183. The highest BCUT2D eigenvalue weighted by atomic mass is 35.5. The third kappa shape index (κ3) is 4.43. The SMILES string of the molecule is COC(=O)CC1(NCc2ccc(Cl)cc2C)CCOCC1. The first-order chi connectivity index (χ1) is 10.0. The fourth-order valence-electron chi connectivity index (χ4n) is 2.67. The smallest absolute Gasteiger partial charge is 0.307 e. The molecule has 4 nitrogen and oxygen atoms in total. The number of hydrogen-bond acceptors (Lipinski definition) is 4. The Bertz CT molecular complexity index is 498. The number of halogens is 1. The molecular formula is C16H22ClNO3. The molecule has 0 aromatic heterocycles. The van der Waals surface area contributed by atoms with E-state index in [2.05, 4.69) is 5.32 Å². The molecule has 0 saturated carbocycles. The van der Waals surface area contributed by atoms with Gasteiger partial charge in [-0.2, -0.15) is 0 Å². The summed E-state index contributed by atoms with van der Waals surface area (Å²) in [6.07, 6.45) is 2.00. The van der Waals surface area contributed by atoms with Gasteiger partial charge in [0.05, 0.1) is 13.5 Å². The van der Waals surface area contributed by atoms with Crippen LogP contribution in [0.1, 0.15) is 30.4 Å². The zero-order chi connectivity index (χ0) is 15.3. The van der Waals surface area contributed by atoms with E-state index >= 15 is 0 Å². The van der Waals surface area contributed by atoms with Gasteiger partial charge in [-0.1, -0.05) is 17.7 Å². The molecule has 5 heteroatoms. The number of nitrogens with one attached hydrogen (secondary N) is 1. The van der Waals surface area contributed by atoms with Gasteiger partial charge in [-0.3, -0.25) is 4.79 Å². The molecule has 1 fully saturated rings. The number of methoxy groups -OCH3 is 1. The number of rotatable bonds is 5. The number of aryl methyl sites for hydroxylation is 1. The van der Waals surface area contributed by atoms with Crippen LogP contribution in [0.15, 0.2) is 18.2 Å². The normalized spacial score (nSPS) is 17.5. The van der Waals surface area contributed by atoms with Gasteiger partial charge in [-0.25, -0.2) is 0 Å². The van der Waals surface area contributed by atoms with Crippen LogP contribution in [0.2, 0.25) is 5.02 Å². The summed E-state index contributed by atoms with van der Waals surface area (Å²) in [7, 11) is 1.43. The van der Waals surface area contributed by atoms with Crippen molar-refractivity contribution in [1.82, 2.24) is 5.32 Å². The zero-order valence-electron chi connectivity index (χ0n) is 12.6. The number of ether oxygens (including phenoxy) is 2. The number of hydrogen-bond donors (Lipinski definition) is 1. The van der Waals surface area contributed by atoms with Gasteiger partial charge in [-0.05, 0) is 43.0 Å². The molecule has 0 unspecified atom stereocenters. The Labute approximate surface area is 130 Å². The lowest BCUT2D eigenvalue weighted by Crippen LogP contribution is -2.50. The van der Waals surface area contributed by atoms with E-state index in [9.17, 15) is 4.79 Å². The molecule has 0 spiro atoms. The Morgan fingerprint density at radius 1 is 1.43 bits per heavy atom. The van der Waals surface area contributed by atoms with Crippen molar-refractivity contribution in [1.29, 1.82) is 0 Å². The predicted octanol–water partition coefficient (Wildman–Crippen LogP) is 2.85. The Morgan fingerprint density at radius 3 is 2.76 bits per heavy atom. The van der Waals surface area contributed by atoms with E-state index in [-0.39, 0.29) is 11.5 Å². The maximum absolute atomic E-state index is 11.7. The van der Waals surface area contributed by atoms with E-state index in [4.69, 9.17) is 21.1 Å². The number of carbonyl (C=O) groups is 1. The van der Waals surface area contributed by atoms with Gasteiger partial charge in [0.25, 0.3) is 0 Å². The minimum absolute atomic E-state index is 0.183. The third-order valence-corrected chi connectivity index (χ3v) is 4.35. The van der Waals surface area contributed by atoms with E-state index < -0.39 is 0 Å². The van der Waals surface area contributed by atoms with E-state index in [1.165, 1.54) is 12.7 Å². The molecule has 1 heterocycles. The molecule has 1 aromatic rings. The van der Waals surface area contributed by atoms with Crippen molar-refractivity contribution in [2.24, 2.45) is 0 Å². The average molecular weight is 312 g/mol. The van der Waals surface area contributed by atoms with E-state index in [1.807, 2.05) is 25.1 Å². The quantitative estimate of drug-likeness (QED) is 0.850. The summed E-state index contributed by atoms with van der Waals surface area (Å²) >= 11 is 5.98. The van der Waals surface area contributed by atoms with Gasteiger partial charge in [0.2, 0.25) is 0 Å². The van der Waals surface area contributed by atoms with Gasteiger partial charge in [0.15, 0.2) is 0 Å². The van der Waals surface area contributed by atoms with Crippen molar-refractivity contribution in [3.05, 3.63) is 34.3 Å². The zero-order valence-corrected chi connectivity index (χ0v) is 13.3. The number of carbonyl (C=O) groups excluding carboxylic acids is 1. The van der Waals surface area contributed by atoms with Crippen LogP contribution in [-0.4, -0.2) is 31.8 Å². The van der Waals surface area contributed by atoms with Crippen LogP contribution >= 0.6 is 11.6 Å². The second kappa shape index (κ2) is 7.25. The first kappa shape index (κ1) is 16.3. The van der Waals surface area contributed by atoms with Gasteiger partial charge in [0, 0.05) is 30.3 Å². The van der Waals surface area contributed by atoms with Crippen molar-refractivity contribution in [2.45, 2.75) is 38.3 Å². The van der Waals surface area contributed by atoms with Crippen molar-refractivity contribution in [2.75, 3.05) is 20.3 Å². The first-order valence-corrected chi connectivity index (χ1v) is 7.57. The highest BCUT2D eigenvalue weighted by molar-refractivity contribution is 6.30. The van der Waals surface area contributed by atoms with Crippen molar-refractivity contribution >= 4 is 17.6 Å². The molecular weight excluding hydrogens is 290 g/mol. The number of benzene rings is 1. The lowest BCUT2D eigenvalue weighted by molar-refractivity contribution is -0.143. The van der Waals surface area contributed by atoms with E-state index in [1.54, 1.807) is 0 Å². The van der Waals surface area contributed by atoms with Crippen LogP contribution < -0.4 is 5.32 Å². The minimum Gasteiger partial charge on any atom is -0.469 e. The van der Waals surface area contributed by atoms with Gasteiger partial charge < -0.3 is 14.8 Å². The van der Waals surface area contributed by atoms with Crippen LogP contribution in [-0.2, 0) is 20.8 Å². The maximum Gasteiger partial charge on any atom is 0.307 e. The van der Waals surface area contributed by atoms with Crippen molar-refractivity contribution < 1.29 is 14.3 Å². The van der Waals surface area contributed by atoms with Crippen molar-refractivity contribution in [3.63, 3.8) is 0 Å². The summed E-state index contributed by atoms with van der Waals surface area (Å²) in [5.41, 5.74) is 2.10. The summed E-state index contributed by atoms with van der Waals surface area (Å²) < 4.78 is 10.3. The third-order valence-electron chi connectivity index (χ3n) is 4.12. The van der Waals surface area contributed by atoms with Crippen LogP contribution in [0, 0.1) is 6.92 Å². The highest BCUT2D eigenvalue weighted by Crippen LogP contribution is 2.26. The molecule has 116 valence electrons. The topological polar surface area (TPSA) is 47.6 Å². The second-order valence-corrected chi connectivity index (χ2v) is 6.01. The van der Waals surface area contributed by atoms with Crippen molar-refractivity contribution in [3.8, 4) is 0 Å². The molecule has 21 heavy (non-hydrogen) atoms. The fraction of sp³-hybridized carbons (Fsp3) is 0.562. The molecule has 2 rings (SSSR count). The molecule has 1 aromatic carbocycles. The van der Waals surface area contributed by atoms with Gasteiger partial charge in [-0.15, -0.1) is 0 Å². The summed E-state index contributed by atoms with van der Waals surface area (Å²) in [4.78, 5) is 11.7. The van der Waals surface area contributed by atoms with Crippen LogP contribution in [0.3, 0.4) is 0 Å². The largest absolute Gasteiger partial charge is 0.469 e.